The lowest BCUT2D eigenvalue weighted by Gasteiger charge is -2.36. The Labute approximate surface area is 113 Å². The number of hydrogen-bond donors (Lipinski definition) is 1. The number of methoxy groups -OCH3 is 1. The highest BCUT2D eigenvalue weighted by Crippen LogP contribution is 2.20. The number of amides is 1. The summed E-state index contributed by atoms with van der Waals surface area (Å²) in [7, 11) is 1.65. The molecule has 0 spiro atoms. The Bertz CT molecular complexity index is 411. The Balaban J connectivity index is 1.90. The van der Waals surface area contributed by atoms with E-state index in [2.05, 4.69) is 4.90 Å². The highest BCUT2D eigenvalue weighted by atomic mass is 16.5. The molecule has 0 bridgehead atoms. The summed E-state index contributed by atoms with van der Waals surface area (Å²) in [5.41, 5.74) is 1.15. The van der Waals surface area contributed by atoms with Crippen LogP contribution in [0.5, 0.6) is 5.75 Å². The maximum Gasteiger partial charge on any atom is 0.225 e. The number of hydrogen-bond acceptors (Lipinski definition) is 4. The predicted molar refractivity (Wildman–Crippen MR) is 73.5 cm³/mol. The Hall–Kier alpha value is -1.75. The summed E-state index contributed by atoms with van der Waals surface area (Å²) in [4.78, 5) is 15.7. The van der Waals surface area contributed by atoms with Crippen molar-refractivity contribution in [3.8, 4) is 5.75 Å². The second kappa shape index (κ2) is 6.43. The zero-order valence-electron chi connectivity index (χ0n) is 11.2. The molecule has 1 N–H and O–H groups in total. The lowest BCUT2D eigenvalue weighted by molar-refractivity contribution is -0.132. The number of nitrogens with zero attached hydrogens (tertiary/aromatic N) is 2. The first kappa shape index (κ1) is 13.7. The Morgan fingerprint density at radius 3 is 2.37 bits per heavy atom. The van der Waals surface area contributed by atoms with Gasteiger partial charge in [0.2, 0.25) is 5.91 Å². The van der Waals surface area contributed by atoms with Crippen LogP contribution in [0.3, 0.4) is 0 Å². The van der Waals surface area contributed by atoms with Gasteiger partial charge in [-0.25, -0.2) is 0 Å². The van der Waals surface area contributed by atoms with Crippen LogP contribution in [0.4, 0.5) is 5.69 Å². The number of aliphatic hydroxyl groups is 1. The topological polar surface area (TPSA) is 53.0 Å². The van der Waals surface area contributed by atoms with E-state index in [0.717, 1.165) is 24.5 Å². The highest BCUT2D eigenvalue weighted by molar-refractivity contribution is 5.76. The molecule has 0 aromatic heterocycles. The van der Waals surface area contributed by atoms with Gasteiger partial charge in [0.05, 0.1) is 13.7 Å². The smallest absolute Gasteiger partial charge is 0.225 e. The van der Waals surface area contributed by atoms with Crippen molar-refractivity contribution in [2.75, 3.05) is 44.8 Å². The lowest BCUT2D eigenvalue weighted by Crippen LogP contribution is -2.48. The normalized spacial score (nSPS) is 15.5. The molecule has 0 atom stereocenters. The molecule has 5 nitrogen and oxygen atoms in total. The van der Waals surface area contributed by atoms with Crippen LogP contribution >= 0.6 is 0 Å². The summed E-state index contributed by atoms with van der Waals surface area (Å²) >= 11 is 0. The molecule has 1 aliphatic heterocycles. The van der Waals surface area contributed by atoms with E-state index in [1.54, 1.807) is 7.11 Å². The molecule has 1 aliphatic rings. The fourth-order valence-corrected chi connectivity index (χ4v) is 2.26. The second-order valence-electron chi connectivity index (χ2n) is 4.54. The largest absolute Gasteiger partial charge is 0.497 e. The Kier molecular flexibility index (Phi) is 4.63. The molecule has 0 saturated carbocycles. The second-order valence-corrected chi connectivity index (χ2v) is 4.54. The Morgan fingerprint density at radius 2 is 1.84 bits per heavy atom. The van der Waals surface area contributed by atoms with Crippen LogP contribution in [0.15, 0.2) is 24.3 Å². The summed E-state index contributed by atoms with van der Waals surface area (Å²) < 4.78 is 5.14. The summed E-state index contributed by atoms with van der Waals surface area (Å²) in [5.74, 6) is 0.886. The number of aliphatic hydroxyl groups excluding tert-OH is 1. The van der Waals surface area contributed by atoms with Crippen molar-refractivity contribution in [1.82, 2.24) is 4.90 Å². The SMILES string of the molecule is COc1ccc(N2CCN(C(=O)CCO)CC2)cc1. The van der Waals surface area contributed by atoms with Gasteiger partial charge in [-0.1, -0.05) is 0 Å². The average molecular weight is 264 g/mol. The third kappa shape index (κ3) is 3.38. The van der Waals surface area contributed by atoms with Crippen molar-refractivity contribution in [2.24, 2.45) is 0 Å². The van der Waals surface area contributed by atoms with E-state index in [4.69, 9.17) is 9.84 Å². The third-order valence-corrected chi connectivity index (χ3v) is 3.40. The number of benzene rings is 1. The predicted octanol–water partition coefficient (Wildman–Crippen LogP) is 0.726. The van der Waals surface area contributed by atoms with Crippen LogP contribution in [-0.2, 0) is 4.79 Å². The number of anilines is 1. The standard InChI is InChI=1S/C14H20N2O3/c1-19-13-4-2-12(3-5-13)15-7-9-16(10-8-15)14(18)6-11-17/h2-5,17H,6-11H2,1H3. The molecule has 1 aromatic rings. The zero-order valence-corrected chi connectivity index (χ0v) is 11.2. The van der Waals surface area contributed by atoms with Crippen LogP contribution in [-0.4, -0.2) is 55.8 Å². The quantitative estimate of drug-likeness (QED) is 0.871. The average Bonchev–Trinajstić information content (AvgIpc) is 2.48. The molecule has 2 rings (SSSR count). The molecular weight excluding hydrogens is 244 g/mol. The van der Waals surface area contributed by atoms with Crippen LogP contribution in [0.25, 0.3) is 0 Å². The van der Waals surface area contributed by atoms with E-state index in [0.29, 0.717) is 13.1 Å². The molecular formula is C14H20N2O3. The molecule has 1 heterocycles. The number of ether oxygens (including phenoxy) is 1. The summed E-state index contributed by atoms with van der Waals surface area (Å²) in [6, 6.07) is 7.95. The zero-order chi connectivity index (χ0) is 13.7. The Morgan fingerprint density at radius 1 is 1.21 bits per heavy atom. The summed E-state index contributed by atoms with van der Waals surface area (Å²) in [5, 5.41) is 8.78. The van der Waals surface area contributed by atoms with Gasteiger partial charge >= 0.3 is 0 Å². The lowest BCUT2D eigenvalue weighted by atomic mass is 10.2. The van der Waals surface area contributed by atoms with Crippen molar-refractivity contribution in [2.45, 2.75) is 6.42 Å². The van der Waals surface area contributed by atoms with Gasteiger partial charge in [-0.15, -0.1) is 0 Å². The minimum Gasteiger partial charge on any atom is -0.497 e. The maximum absolute atomic E-state index is 11.7. The molecule has 0 aliphatic carbocycles. The van der Waals surface area contributed by atoms with Crippen molar-refractivity contribution in [3.05, 3.63) is 24.3 Å². The number of carbonyl (C=O) groups is 1. The molecule has 0 radical (unpaired) electrons. The van der Waals surface area contributed by atoms with Crippen molar-refractivity contribution in [1.29, 1.82) is 0 Å². The van der Waals surface area contributed by atoms with E-state index < -0.39 is 0 Å². The van der Waals surface area contributed by atoms with Gasteiger partial charge in [-0.3, -0.25) is 4.79 Å². The molecule has 104 valence electrons. The number of carbonyl (C=O) groups excluding carboxylic acids is 1. The molecule has 0 unspecified atom stereocenters. The molecule has 1 fully saturated rings. The van der Waals surface area contributed by atoms with Crippen LogP contribution in [0, 0.1) is 0 Å². The highest BCUT2D eigenvalue weighted by Gasteiger charge is 2.20. The van der Waals surface area contributed by atoms with Gasteiger partial charge in [-0.2, -0.15) is 0 Å². The van der Waals surface area contributed by atoms with Crippen LogP contribution < -0.4 is 9.64 Å². The van der Waals surface area contributed by atoms with Gasteiger partial charge in [0.25, 0.3) is 0 Å². The molecule has 1 aromatic carbocycles. The minimum atomic E-state index is -0.0719. The monoisotopic (exact) mass is 264 g/mol. The van der Waals surface area contributed by atoms with Gasteiger partial charge in [-0.05, 0) is 24.3 Å². The third-order valence-electron chi connectivity index (χ3n) is 3.40. The van der Waals surface area contributed by atoms with Gasteiger partial charge < -0.3 is 19.6 Å². The molecule has 1 amide bonds. The van der Waals surface area contributed by atoms with Gasteiger partial charge in [0, 0.05) is 38.3 Å². The van der Waals surface area contributed by atoms with Crippen molar-refractivity contribution >= 4 is 11.6 Å². The minimum absolute atomic E-state index is 0.0388. The summed E-state index contributed by atoms with van der Waals surface area (Å²) in [6.07, 6.45) is 0.225. The van der Waals surface area contributed by atoms with Crippen LogP contribution in [0.1, 0.15) is 6.42 Å². The van der Waals surface area contributed by atoms with E-state index in [1.165, 1.54) is 0 Å². The fourth-order valence-electron chi connectivity index (χ4n) is 2.26. The van der Waals surface area contributed by atoms with E-state index in [-0.39, 0.29) is 18.9 Å². The number of piperazine rings is 1. The first-order chi connectivity index (χ1) is 9.24. The first-order valence-corrected chi connectivity index (χ1v) is 6.52. The van der Waals surface area contributed by atoms with Crippen LogP contribution in [0.2, 0.25) is 0 Å². The summed E-state index contributed by atoms with van der Waals surface area (Å²) in [6.45, 7) is 3.00. The van der Waals surface area contributed by atoms with E-state index in [9.17, 15) is 4.79 Å². The van der Waals surface area contributed by atoms with Crippen molar-refractivity contribution < 1.29 is 14.6 Å². The maximum atomic E-state index is 11.7. The van der Waals surface area contributed by atoms with E-state index in [1.807, 2.05) is 29.2 Å². The molecule has 1 saturated heterocycles. The number of rotatable bonds is 4. The van der Waals surface area contributed by atoms with E-state index >= 15 is 0 Å². The van der Waals surface area contributed by atoms with Crippen molar-refractivity contribution in [3.63, 3.8) is 0 Å². The fraction of sp³-hybridized carbons (Fsp3) is 0.500. The van der Waals surface area contributed by atoms with Gasteiger partial charge in [0.15, 0.2) is 0 Å². The van der Waals surface area contributed by atoms with Gasteiger partial charge in [0.1, 0.15) is 5.75 Å². The molecule has 5 heteroatoms. The first-order valence-electron chi connectivity index (χ1n) is 6.52. The molecule has 19 heavy (non-hydrogen) atoms.